The van der Waals surface area contributed by atoms with Crippen molar-refractivity contribution in [2.45, 2.75) is 18.9 Å². The molecule has 0 heterocycles. The van der Waals surface area contributed by atoms with Gasteiger partial charge in [-0.1, -0.05) is 0 Å². The molecule has 0 aliphatic heterocycles. The number of nitrogens with one attached hydrogen (secondary N) is 1. The lowest BCUT2D eigenvalue weighted by molar-refractivity contribution is 0.0938. The Morgan fingerprint density at radius 3 is 2.38 bits per heavy atom. The number of methoxy groups -OCH3 is 3. The topological polar surface area (TPSA) is 80.6 Å². The van der Waals surface area contributed by atoms with Crippen LogP contribution in [0.3, 0.4) is 0 Å². The Hall–Kier alpha value is -2.42. The van der Waals surface area contributed by atoms with Crippen molar-refractivity contribution in [3.63, 3.8) is 0 Å². The molecular formula is C15H18N2O4. The summed E-state index contributed by atoms with van der Waals surface area (Å²) in [5.41, 5.74) is 0.316. The highest BCUT2D eigenvalue weighted by Crippen LogP contribution is 2.40. The molecule has 2 rings (SSSR count). The highest BCUT2D eigenvalue weighted by molar-refractivity contribution is 5.98. The summed E-state index contributed by atoms with van der Waals surface area (Å²) in [4.78, 5) is 12.4. The van der Waals surface area contributed by atoms with Gasteiger partial charge in [0, 0.05) is 0 Å². The predicted molar refractivity (Wildman–Crippen MR) is 75.7 cm³/mol. The molecule has 0 bridgehead atoms. The summed E-state index contributed by atoms with van der Waals surface area (Å²) in [5, 5.41) is 11.8. The molecule has 1 saturated carbocycles. The van der Waals surface area contributed by atoms with Crippen LogP contribution in [0.15, 0.2) is 12.1 Å². The van der Waals surface area contributed by atoms with Crippen LogP contribution in [0.4, 0.5) is 0 Å². The molecule has 112 valence electrons. The molecule has 0 spiro atoms. The van der Waals surface area contributed by atoms with Crippen molar-refractivity contribution < 1.29 is 19.0 Å². The summed E-state index contributed by atoms with van der Waals surface area (Å²) in [6, 6.07) is 4.89. The van der Waals surface area contributed by atoms with Gasteiger partial charge < -0.3 is 19.5 Å². The molecule has 1 aromatic carbocycles. The van der Waals surface area contributed by atoms with Crippen LogP contribution in [-0.2, 0) is 0 Å². The van der Waals surface area contributed by atoms with Gasteiger partial charge >= 0.3 is 0 Å². The second kappa shape index (κ2) is 6.35. The van der Waals surface area contributed by atoms with Gasteiger partial charge in [-0.15, -0.1) is 0 Å². The molecule has 1 atom stereocenters. The third-order valence-corrected chi connectivity index (χ3v) is 3.47. The number of ether oxygens (including phenoxy) is 3. The van der Waals surface area contributed by atoms with E-state index in [4.69, 9.17) is 19.5 Å². The highest BCUT2D eigenvalue weighted by Gasteiger charge is 2.33. The lowest BCUT2D eigenvalue weighted by atomic mass is 10.1. The van der Waals surface area contributed by atoms with Crippen LogP contribution in [0.1, 0.15) is 23.2 Å². The fourth-order valence-electron chi connectivity index (χ4n) is 2.18. The number of benzene rings is 1. The van der Waals surface area contributed by atoms with Gasteiger partial charge in [0.15, 0.2) is 11.5 Å². The maximum absolute atomic E-state index is 12.4. The van der Waals surface area contributed by atoms with Gasteiger partial charge in [-0.05, 0) is 30.9 Å². The third-order valence-electron chi connectivity index (χ3n) is 3.47. The van der Waals surface area contributed by atoms with Crippen LogP contribution < -0.4 is 19.5 Å². The van der Waals surface area contributed by atoms with E-state index in [0.717, 1.165) is 12.8 Å². The van der Waals surface area contributed by atoms with Gasteiger partial charge in [-0.3, -0.25) is 4.79 Å². The molecular weight excluding hydrogens is 272 g/mol. The Labute approximate surface area is 123 Å². The second-order valence-electron chi connectivity index (χ2n) is 4.80. The Morgan fingerprint density at radius 1 is 1.24 bits per heavy atom. The van der Waals surface area contributed by atoms with Crippen LogP contribution in [0.5, 0.6) is 17.2 Å². The standard InChI is InChI=1S/C15H18N2O4/c1-19-12-7-6-10(13(20-2)14(12)21-3)15(18)17-11(8-16)9-4-5-9/h6-7,9,11H,4-5H2,1-3H3,(H,17,18). The van der Waals surface area contributed by atoms with E-state index < -0.39 is 6.04 Å². The molecule has 6 heteroatoms. The highest BCUT2D eigenvalue weighted by atomic mass is 16.5. The van der Waals surface area contributed by atoms with Gasteiger partial charge in [0.1, 0.15) is 6.04 Å². The van der Waals surface area contributed by atoms with E-state index in [2.05, 4.69) is 11.4 Å². The molecule has 21 heavy (non-hydrogen) atoms. The summed E-state index contributed by atoms with van der Waals surface area (Å²) in [7, 11) is 4.44. The minimum Gasteiger partial charge on any atom is -0.493 e. The van der Waals surface area contributed by atoms with E-state index in [0.29, 0.717) is 22.8 Å². The number of nitriles is 1. The number of nitrogens with zero attached hydrogens (tertiary/aromatic N) is 1. The molecule has 0 aromatic heterocycles. The van der Waals surface area contributed by atoms with E-state index in [9.17, 15) is 4.79 Å². The van der Waals surface area contributed by atoms with Gasteiger partial charge in [0.2, 0.25) is 5.75 Å². The third kappa shape index (κ3) is 3.02. The van der Waals surface area contributed by atoms with Gasteiger partial charge in [-0.2, -0.15) is 5.26 Å². The van der Waals surface area contributed by atoms with Crippen molar-refractivity contribution in [2.75, 3.05) is 21.3 Å². The molecule has 1 aliphatic carbocycles. The van der Waals surface area contributed by atoms with Crippen molar-refractivity contribution in [3.05, 3.63) is 17.7 Å². The molecule has 0 radical (unpaired) electrons. The summed E-state index contributed by atoms with van der Waals surface area (Å²) < 4.78 is 15.7. The largest absolute Gasteiger partial charge is 0.493 e. The van der Waals surface area contributed by atoms with E-state index in [-0.39, 0.29) is 11.8 Å². The first kappa shape index (κ1) is 15.0. The van der Waals surface area contributed by atoms with Crippen molar-refractivity contribution in [1.82, 2.24) is 5.32 Å². The quantitative estimate of drug-likeness (QED) is 0.863. The van der Waals surface area contributed by atoms with Crippen molar-refractivity contribution >= 4 is 5.91 Å². The summed E-state index contributed by atoms with van der Waals surface area (Å²) in [6.07, 6.45) is 1.95. The Kier molecular flexibility index (Phi) is 4.53. The fourth-order valence-corrected chi connectivity index (χ4v) is 2.18. The summed E-state index contributed by atoms with van der Waals surface area (Å²) in [6.45, 7) is 0. The van der Waals surface area contributed by atoms with Gasteiger partial charge in [0.25, 0.3) is 5.91 Å². The maximum Gasteiger partial charge on any atom is 0.256 e. The molecule has 6 nitrogen and oxygen atoms in total. The zero-order chi connectivity index (χ0) is 15.4. The van der Waals surface area contributed by atoms with Crippen LogP contribution in [-0.4, -0.2) is 33.3 Å². The van der Waals surface area contributed by atoms with Crippen LogP contribution >= 0.6 is 0 Å². The minimum absolute atomic E-state index is 0.255. The zero-order valence-corrected chi connectivity index (χ0v) is 12.3. The summed E-state index contributed by atoms with van der Waals surface area (Å²) >= 11 is 0. The maximum atomic E-state index is 12.4. The number of hydrogen-bond donors (Lipinski definition) is 1. The van der Waals surface area contributed by atoms with Gasteiger partial charge in [0.05, 0.1) is 33.0 Å². The van der Waals surface area contributed by atoms with Gasteiger partial charge in [-0.25, -0.2) is 0 Å². The van der Waals surface area contributed by atoms with Crippen molar-refractivity contribution in [2.24, 2.45) is 5.92 Å². The molecule has 1 N–H and O–H groups in total. The van der Waals surface area contributed by atoms with Crippen LogP contribution in [0.2, 0.25) is 0 Å². The minimum atomic E-state index is -0.463. The Bertz CT molecular complexity index is 576. The normalized spacial score (nSPS) is 14.8. The van der Waals surface area contributed by atoms with Crippen molar-refractivity contribution in [3.8, 4) is 23.3 Å². The number of carbonyl (C=O) groups is 1. The first-order valence-electron chi connectivity index (χ1n) is 6.65. The summed E-state index contributed by atoms with van der Waals surface area (Å²) in [5.74, 6) is 1.02. The number of hydrogen-bond acceptors (Lipinski definition) is 5. The molecule has 1 aliphatic rings. The van der Waals surface area contributed by atoms with Crippen LogP contribution in [0, 0.1) is 17.2 Å². The monoisotopic (exact) mass is 290 g/mol. The number of rotatable bonds is 6. The molecule has 0 saturated heterocycles. The second-order valence-corrected chi connectivity index (χ2v) is 4.80. The Balaban J connectivity index is 2.30. The smallest absolute Gasteiger partial charge is 0.256 e. The molecule has 1 fully saturated rings. The lowest BCUT2D eigenvalue weighted by Crippen LogP contribution is -2.35. The Morgan fingerprint density at radius 2 is 1.90 bits per heavy atom. The molecule has 1 amide bonds. The van der Waals surface area contributed by atoms with E-state index in [1.165, 1.54) is 21.3 Å². The first-order valence-corrected chi connectivity index (χ1v) is 6.65. The average molecular weight is 290 g/mol. The van der Waals surface area contributed by atoms with Crippen LogP contribution in [0.25, 0.3) is 0 Å². The molecule has 1 unspecified atom stereocenters. The molecule has 1 aromatic rings. The zero-order valence-electron chi connectivity index (χ0n) is 12.3. The van der Waals surface area contributed by atoms with E-state index in [1.54, 1.807) is 12.1 Å². The first-order chi connectivity index (χ1) is 10.2. The fraction of sp³-hybridized carbons (Fsp3) is 0.467. The lowest BCUT2D eigenvalue weighted by Gasteiger charge is -2.16. The van der Waals surface area contributed by atoms with E-state index in [1.807, 2.05) is 0 Å². The average Bonchev–Trinajstić information content (AvgIpc) is 3.35. The number of amides is 1. The SMILES string of the molecule is COc1ccc(C(=O)NC(C#N)C2CC2)c(OC)c1OC. The van der Waals surface area contributed by atoms with E-state index >= 15 is 0 Å². The number of carbonyl (C=O) groups excluding carboxylic acids is 1. The van der Waals surface area contributed by atoms with Crippen molar-refractivity contribution in [1.29, 1.82) is 5.26 Å². The predicted octanol–water partition coefficient (Wildman–Crippen LogP) is 1.74.